The van der Waals surface area contributed by atoms with Crippen molar-refractivity contribution >= 4 is 28.5 Å². The van der Waals surface area contributed by atoms with E-state index in [-0.39, 0.29) is 23.4 Å². The third-order valence-electron chi connectivity index (χ3n) is 5.13. The van der Waals surface area contributed by atoms with E-state index in [0.717, 1.165) is 18.4 Å². The van der Waals surface area contributed by atoms with E-state index in [4.69, 9.17) is 0 Å². The number of aromatic amines is 2. The molecule has 1 aliphatic rings. The van der Waals surface area contributed by atoms with Gasteiger partial charge in [0.05, 0.1) is 23.4 Å². The summed E-state index contributed by atoms with van der Waals surface area (Å²) in [5.41, 5.74) is 2.66. The smallest absolute Gasteiger partial charge is 0.323 e. The number of rotatable bonds is 4. The van der Waals surface area contributed by atoms with Crippen molar-refractivity contribution in [2.45, 2.75) is 19.3 Å². The molecule has 0 aliphatic carbocycles. The fourth-order valence-corrected chi connectivity index (χ4v) is 3.65. The number of hydrogen-bond donors (Lipinski definition) is 3. The molecule has 7 nitrogen and oxygen atoms in total. The highest BCUT2D eigenvalue weighted by atomic mass is 16.2. The van der Waals surface area contributed by atoms with Gasteiger partial charge < -0.3 is 20.2 Å². The number of aromatic nitrogens is 2. The molecule has 3 aromatic rings. The molecular formula is C21H22N4O3. The van der Waals surface area contributed by atoms with Gasteiger partial charge in [0.1, 0.15) is 0 Å². The first-order chi connectivity index (χ1) is 13.6. The lowest BCUT2D eigenvalue weighted by Gasteiger charge is -2.32. The number of H-pyrrole nitrogens is 2. The Hall–Kier alpha value is -3.35. The number of amides is 2. The number of piperidine rings is 1. The van der Waals surface area contributed by atoms with Crippen molar-refractivity contribution < 1.29 is 9.59 Å². The monoisotopic (exact) mass is 378 g/mol. The molecular weight excluding hydrogens is 356 g/mol. The maximum Gasteiger partial charge on any atom is 0.323 e. The van der Waals surface area contributed by atoms with E-state index in [2.05, 4.69) is 15.3 Å². The molecule has 1 fully saturated rings. The first-order valence-electron chi connectivity index (χ1n) is 9.43. The summed E-state index contributed by atoms with van der Waals surface area (Å²) in [6.07, 6.45) is 1.92. The molecule has 144 valence electrons. The molecule has 2 heterocycles. The predicted molar refractivity (Wildman–Crippen MR) is 107 cm³/mol. The van der Waals surface area contributed by atoms with Crippen LogP contribution in [0.15, 0.2) is 53.3 Å². The average molecular weight is 378 g/mol. The lowest BCUT2D eigenvalue weighted by Crippen LogP contribution is -2.44. The molecule has 28 heavy (non-hydrogen) atoms. The van der Waals surface area contributed by atoms with Gasteiger partial charge in [-0.1, -0.05) is 30.3 Å². The van der Waals surface area contributed by atoms with Crippen molar-refractivity contribution in [3.8, 4) is 0 Å². The lowest BCUT2D eigenvalue weighted by atomic mass is 9.96. The zero-order chi connectivity index (χ0) is 19.5. The Balaban J connectivity index is 1.39. The van der Waals surface area contributed by atoms with Gasteiger partial charge in [-0.25, -0.2) is 4.79 Å². The summed E-state index contributed by atoms with van der Waals surface area (Å²) in [7, 11) is 0. The topological polar surface area (TPSA) is 98.1 Å². The molecule has 0 radical (unpaired) electrons. The average Bonchev–Trinajstić information content (AvgIpc) is 3.08. The molecule has 0 bridgehead atoms. The number of likely N-dealkylation sites (tertiary alicyclic amines) is 1. The van der Waals surface area contributed by atoms with Crippen molar-refractivity contribution in [3.63, 3.8) is 0 Å². The molecule has 1 aromatic heterocycles. The van der Waals surface area contributed by atoms with Crippen molar-refractivity contribution in [2.24, 2.45) is 5.92 Å². The molecule has 1 aliphatic heterocycles. The minimum Gasteiger partial charge on any atom is -0.342 e. The predicted octanol–water partition coefficient (Wildman–Crippen LogP) is 2.28. The van der Waals surface area contributed by atoms with Gasteiger partial charge in [-0.2, -0.15) is 0 Å². The number of carbonyl (C=O) groups excluding carboxylic acids is 2. The molecule has 7 heteroatoms. The second kappa shape index (κ2) is 7.72. The van der Waals surface area contributed by atoms with Crippen molar-refractivity contribution in [1.29, 1.82) is 0 Å². The van der Waals surface area contributed by atoms with Gasteiger partial charge in [0, 0.05) is 18.8 Å². The van der Waals surface area contributed by atoms with E-state index in [0.29, 0.717) is 36.2 Å². The lowest BCUT2D eigenvalue weighted by molar-refractivity contribution is -0.133. The van der Waals surface area contributed by atoms with Crippen LogP contribution in [0.4, 0.5) is 5.69 Å². The summed E-state index contributed by atoms with van der Waals surface area (Å²) in [4.78, 5) is 43.8. The van der Waals surface area contributed by atoms with E-state index in [1.165, 1.54) is 0 Å². The maximum atomic E-state index is 12.7. The van der Waals surface area contributed by atoms with Crippen LogP contribution in [-0.4, -0.2) is 39.8 Å². The first kappa shape index (κ1) is 18.0. The number of anilines is 1. The highest BCUT2D eigenvalue weighted by Crippen LogP contribution is 2.21. The van der Waals surface area contributed by atoms with Crippen LogP contribution < -0.4 is 11.0 Å². The molecule has 4 rings (SSSR count). The van der Waals surface area contributed by atoms with Gasteiger partial charge >= 0.3 is 5.69 Å². The number of nitrogens with one attached hydrogen (secondary N) is 3. The van der Waals surface area contributed by atoms with E-state index in [9.17, 15) is 14.4 Å². The normalized spacial score (nSPS) is 16.9. The van der Waals surface area contributed by atoms with Crippen molar-refractivity contribution in [2.75, 3.05) is 18.4 Å². The highest BCUT2D eigenvalue weighted by Gasteiger charge is 2.28. The fourth-order valence-electron chi connectivity index (χ4n) is 3.65. The number of fused-ring (bicyclic) bond motifs is 1. The summed E-state index contributed by atoms with van der Waals surface area (Å²) in [5, 5.41) is 2.91. The summed E-state index contributed by atoms with van der Waals surface area (Å²) in [5.74, 6) is -0.293. The molecule has 0 spiro atoms. The first-order valence-corrected chi connectivity index (χ1v) is 9.43. The Bertz CT molecular complexity index is 1050. The van der Waals surface area contributed by atoms with Gasteiger partial charge in [-0.15, -0.1) is 0 Å². The van der Waals surface area contributed by atoms with Gasteiger partial charge in [-0.3, -0.25) is 9.59 Å². The van der Waals surface area contributed by atoms with E-state index in [1.807, 2.05) is 30.3 Å². The standard InChI is InChI=1S/C21H22N4O3/c26-19(11-14-5-2-1-3-6-14)25-10-4-7-15(13-25)20(27)22-16-8-9-17-18(12-16)24-21(28)23-17/h1-3,5-6,8-9,12,15H,4,7,10-11,13H2,(H,22,27)(H2,23,24,28). The molecule has 3 N–H and O–H groups in total. The van der Waals surface area contributed by atoms with Gasteiger partial charge in [-0.05, 0) is 36.6 Å². The van der Waals surface area contributed by atoms with Crippen LogP contribution in [0.3, 0.4) is 0 Å². The molecule has 2 amide bonds. The van der Waals surface area contributed by atoms with Crippen LogP contribution in [0, 0.1) is 5.92 Å². The Morgan fingerprint density at radius 3 is 2.68 bits per heavy atom. The van der Waals surface area contributed by atoms with Crippen molar-refractivity contribution in [3.05, 3.63) is 64.6 Å². The van der Waals surface area contributed by atoms with Crippen LogP contribution in [-0.2, 0) is 16.0 Å². The zero-order valence-corrected chi connectivity index (χ0v) is 15.4. The minimum atomic E-state index is -0.279. The number of nitrogens with zero attached hydrogens (tertiary/aromatic N) is 1. The molecule has 1 atom stereocenters. The minimum absolute atomic E-state index is 0.0509. The van der Waals surface area contributed by atoms with Crippen LogP contribution in [0.2, 0.25) is 0 Å². The number of carbonyl (C=O) groups is 2. The van der Waals surface area contributed by atoms with Crippen LogP contribution >= 0.6 is 0 Å². The van der Waals surface area contributed by atoms with Gasteiger partial charge in [0.25, 0.3) is 0 Å². The Morgan fingerprint density at radius 1 is 1.07 bits per heavy atom. The third kappa shape index (κ3) is 3.98. The summed E-state index contributed by atoms with van der Waals surface area (Å²) in [6, 6.07) is 14.9. The Morgan fingerprint density at radius 2 is 1.86 bits per heavy atom. The fraction of sp³-hybridized carbons (Fsp3) is 0.286. The summed E-state index contributed by atoms with van der Waals surface area (Å²) < 4.78 is 0. The van der Waals surface area contributed by atoms with Crippen LogP contribution in [0.1, 0.15) is 18.4 Å². The third-order valence-corrected chi connectivity index (χ3v) is 5.13. The molecule has 0 saturated carbocycles. The summed E-state index contributed by atoms with van der Waals surface area (Å²) in [6.45, 7) is 1.12. The van der Waals surface area contributed by atoms with Gasteiger partial charge in [0.15, 0.2) is 0 Å². The summed E-state index contributed by atoms with van der Waals surface area (Å²) >= 11 is 0. The molecule has 1 unspecified atom stereocenters. The SMILES string of the molecule is O=C(Nc1ccc2[nH]c(=O)[nH]c2c1)C1CCCN(C(=O)Cc2ccccc2)C1. The van der Waals surface area contributed by atoms with E-state index in [1.54, 1.807) is 23.1 Å². The Kier molecular flexibility index (Phi) is 4.97. The largest absolute Gasteiger partial charge is 0.342 e. The van der Waals surface area contributed by atoms with Gasteiger partial charge in [0.2, 0.25) is 11.8 Å². The number of benzene rings is 2. The number of hydrogen-bond acceptors (Lipinski definition) is 3. The Labute approximate surface area is 161 Å². The van der Waals surface area contributed by atoms with E-state index < -0.39 is 0 Å². The van der Waals surface area contributed by atoms with Crippen LogP contribution in [0.25, 0.3) is 11.0 Å². The number of imidazole rings is 1. The van der Waals surface area contributed by atoms with Crippen LogP contribution in [0.5, 0.6) is 0 Å². The quantitative estimate of drug-likeness (QED) is 0.650. The van der Waals surface area contributed by atoms with E-state index >= 15 is 0 Å². The molecule has 1 saturated heterocycles. The maximum absolute atomic E-state index is 12.7. The highest BCUT2D eigenvalue weighted by molar-refractivity contribution is 5.95. The second-order valence-electron chi connectivity index (χ2n) is 7.17. The second-order valence-corrected chi connectivity index (χ2v) is 7.17. The zero-order valence-electron chi connectivity index (χ0n) is 15.4. The molecule has 2 aromatic carbocycles. The van der Waals surface area contributed by atoms with Crippen molar-refractivity contribution in [1.82, 2.24) is 14.9 Å².